The van der Waals surface area contributed by atoms with Gasteiger partial charge in [0.2, 0.25) is 5.95 Å². The third-order valence-corrected chi connectivity index (χ3v) is 11.6. The summed E-state index contributed by atoms with van der Waals surface area (Å²) < 4.78 is 34.1. The minimum absolute atomic E-state index is 0.0449. The molecule has 302 valence electrons. The molecule has 13 heteroatoms. The van der Waals surface area contributed by atoms with E-state index in [4.69, 9.17) is 9.97 Å². The number of carbonyl (C=O) groups excluding carboxylic acids is 1. The predicted molar refractivity (Wildman–Crippen MR) is 225 cm³/mol. The van der Waals surface area contributed by atoms with Crippen molar-refractivity contribution in [2.75, 3.05) is 31.5 Å². The third-order valence-electron chi connectivity index (χ3n) is 11.6. The number of aromatic nitrogens is 6. The van der Waals surface area contributed by atoms with Crippen LogP contribution in [0.4, 0.5) is 20.4 Å². The summed E-state index contributed by atoms with van der Waals surface area (Å²) in [4.78, 5) is 47.5. The maximum absolute atomic E-state index is 14.9. The lowest BCUT2D eigenvalue weighted by molar-refractivity contribution is 0.0730. The molecular formula is C46H47F2N9O2. The summed E-state index contributed by atoms with van der Waals surface area (Å²) in [5, 5.41) is 4.28. The molecule has 9 rings (SSSR count). The van der Waals surface area contributed by atoms with Crippen molar-refractivity contribution in [3.8, 4) is 5.69 Å². The molecule has 1 saturated heterocycles. The van der Waals surface area contributed by atoms with Crippen molar-refractivity contribution < 1.29 is 13.6 Å². The zero-order valence-corrected chi connectivity index (χ0v) is 33.8. The van der Waals surface area contributed by atoms with E-state index in [0.29, 0.717) is 64.8 Å². The Kier molecular flexibility index (Phi) is 9.86. The van der Waals surface area contributed by atoms with Crippen LogP contribution in [0.5, 0.6) is 0 Å². The molecule has 1 fully saturated rings. The molecule has 0 bridgehead atoms. The van der Waals surface area contributed by atoms with E-state index in [1.165, 1.54) is 12.1 Å². The Morgan fingerprint density at radius 3 is 2.39 bits per heavy atom. The first-order chi connectivity index (χ1) is 28.4. The second kappa shape index (κ2) is 15.2. The van der Waals surface area contributed by atoms with Crippen LogP contribution >= 0.6 is 0 Å². The number of rotatable bonds is 8. The van der Waals surface area contributed by atoms with Crippen LogP contribution in [0.15, 0.2) is 95.9 Å². The summed E-state index contributed by atoms with van der Waals surface area (Å²) in [6, 6.07) is 24.3. The van der Waals surface area contributed by atoms with Gasteiger partial charge in [0.25, 0.3) is 5.91 Å². The van der Waals surface area contributed by atoms with Crippen molar-refractivity contribution >= 4 is 39.7 Å². The molecule has 11 nitrogen and oxygen atoms in total. The van der Waals surface area contributed by atoms with E-state index in [1.807, 2.05) is 70.7 Å². The monoisotopic (exact) mass is 795 g/mol. The number of imidazole rings is 1. The summed E-state index contributed by atoms with van der Waals surface area (Å²) >= 11 is 0. The number of hydrogen-bond acceptors (Lipinski definition) is 7. The highest BCUT2D eigenvalue weighted by molar-refractivity contribution is 5.95. The number of piperidine rings is 1. The second-order valence-corrected chi connectivity index (χ2v) is 17.0. The lowest BCUT2D eigenvalue weighted by Crippen LogP contribution is -2.41. The molecule has 0 saturated carbocycles. The van der Waals surface area contributed by atoms with Gasteiger partial charge in [-0.1, -0.05) is 45.0 Å². The number of amides is 1. The van der Waals surface area contributed by atoms with E-state index >= 15 is 0 Å². The summed E-state index contributed by atoms with van der Waals surface area (Å²) in [5.74, 6) is -1.01. The van der Waals surface area contributed by atoms with Gasteiger partial charge in [-0.2, -0.15) is 4.98 Å². The van der Waals surface area contributed by atoms with Crippen LogP contribution in [0.2, 0.25) is 0 Å². The van der Waals surface area contributed by atoms with Crippen LogP contribution in [0.25, 0.3) is 27.9 Å². The number of anilines is 2. The number of fused-ring (bicyclic) bond motifs is 4. The first kappa shape index (κ1) is 38.3. The molecule has 3 aromatic carbocycles. The molecule has 2 aliphatic rings. The normalized spacial score (nSPS) is 15.3. The van der Waals surface area contributed by atoms with Crippen LogP contribution in [-0.4, -0.2) is 70.5 Å². The van der Waals surface area contributed by atoms with Crippen LogP contribution in [0.3, 0.4) is 0 Å². The number of aryl methyl sites for hydroxylation is 1. The first-order valence-electron chi connectivity index (χ1n) is 20.3. The van der Waals surface area contributed by atoms with Crippen LogP contribution < -0.4 is 11.0 Å². The zero-order chi connectivity index (χ0) is 41.0. The van der Waals surface area contributed by atoms with E-state index < -0.39 is 11.6 Å². The molecule has 4 aromatic heterocycles. The average Bonchev–Trinajstić information content (AvgIpc) is 3.69. The van der Waals surface area contributed by atoms with Crippen LogP contribution in [0.1, 0.15) is 72.5 Å². The van der Waals surface area contributed by atoms with Gasteiger partial charge in [0.1, 0.15) is 22.8 Å². The molecule has 1 N–H and O–H groups in total. The van der Waals surface area contributed by atoms with Crippen molar-refractivity contribution in [2.45, 2.75) is 66.1 Å². The van der Waals surface area contributed by atoms with Gasteiger partial charge in [-0.05, 0) is 91.8 Å². The quantitative estimate of drug-likeness (QED) is 0.165. The minimum atomic E-state index is -0.636. The van der Waals surface area contributed by atoms with Crippen LogP contribution in [-0.2, 0) is 19.5 Å². The Balaban J connectivity index is 1.03. The molecule has 0 aliphatic carbocycles. The van der Waals surface area contributed by atoms with E-state index in [-0.39, 0.29) is 29.6 Å². The SMILES string of the molecule is Cc1nc(Nc2ccccc2)nc2c1n(-c1ccc(C(=O)N3CCc4c(n(Cc5ccc(F)cc5F)c5ncccc45)C3)cc1)c(=O)n2C1CCN(CC(C)(C)C)CC1. The predicted octanol–water partition coefficient (Wildman–Crippen LogP) is 8.19. The fraction of sp³-hybridized carbons (Fsp3) is 0.326. The second-order valence-electron chi connectivity index (χ2n) is 17.0. The van der Waals surface area contributed by atoms with Gasteiger partial charge in [0.05, 0.1) is 24.5 Å². The van der Waals surface area contributed by atoms with Gasteiger partial charge in [0, 0.05) is 72.4 Å². The van der Waals surface area contributed by atoms with Crippen molar-refractivity contribution in [1.82, 2.24) is 38.5 Å². The number of pyridine rings is 1. The van der Waals surface area contributed by atoms with Gasteiger partial charge in [-0.3, -0.25) is 13.9 Å². The van der Waals surface area contributed by atoms with Gasteiger partial charge < -0.3 is 19.7 Å². The Morgan fingerprint density at radius 1 is 0.898 bits per heavy atom. The number of likely N-dealkylation sites (tertiary alicyclic amines) is 1. The summed E-state index contributed by atoms with van der Waals surface area (Å²) in [6.45, 7) is 12.3. The molecular weight excluding hydrogens is 749 g/mol. The molecule has 59 heavy (non-hydrogen) atoms. The Hall–Kier alpha value is -6.21. The highest BCUT2D eigenvalue weighted by Gasteiger charge is 2.31. The van der Waals surface area contributed by atoms with Crippen molar-refractivity contribution in [2.24, 2.45) is 5.41 Å². The lowest BCUT2D eigenvalue weighted by Gasteiger charge is -2.36. The van der Waals surface area contributed by atoms with Crippen molar-refractivity contribution in [3.63, 3.8) is 0 Å². The number of halogens is 2. The Morgan fingerprint density at radius 2 is 1.66 bits per heavy atom. The fourth-order valence-electron chi connectivity index (χ4n) is 8.92. The lowest BCUT2D eigenvalue weighted by atomic mass is 9.94. The van der Waals surface area contributed by atoms with Gasteiger partial charge in [-0.25, -0.2) is 23.5 Å². The first-order valence-corrected chi connectivity index (χ1v) is 20.3. The molecule has 0 atom stereocenters. The number of carbonyl (C=O) groups is 1. The molecule has 0 radical (unpaired) electrons. The maximum Gasteiger partial charge on any atom is 0.335 e. The molecule has 0 spiro atoms. The Labute approximate surface area is 341 Å². The van der Waals surface area contributed by atoms with E-state index in [1.54, 1.807) is 27.8 Å². The van der Waals surface area contributed by atoms with Gasteiger partial charge in [0.15, 0.2) is 5.65 Å². The van der Waals surface area contributed by atoms with E-state index in [9.17, 15) is 18.4 Å². The highest BCUT2D eigenvalue weighted by Crippen LogP contribution is 2.33. The summed E-state index contributed by atoms with van der Waals surface area (Å²) in [7, 11) is 0. The topological polar surface area (TPSA) is 106 Å². The smallest absolute Gasteiger partial charge is 0.332 e. The minimum Gasteiger partial charge on any atom is -0.332 e. The largest absolute Gasteiger partial charge is 0.335 e. The highest BCUT2D eigenvalue weighted by atomic mass is 19.1. The standard InChI is InChI=1S/C46H47F2N9O2/c1-29-40-42(52-44(50-29)51-33-9-6-5-7-10-33)57(35-18-22-53(23-19-35)28-46(2,3)4)45(59)56(40)34-16-13-30(14-17-34)43(58)54-24-20-36-37-11-8-21-49-41(37)55(39(36)27-54)26-31-12-15-32(47)25-38(31)48/h5-17,21,25,35H,18-20,22-24,26-28H2,1-4H3,(H,50,51,52). The third kappa shape index (κ3) is 7.39. The van der Waals surface area contributed by atoms with Gasteiger partial charge in [-0.15, -0.1) is 0 Å². The maximum atomic E-state index is 14.9. The Bertz CT molecular complexity index is 2760. The molecule has 0 unspecified atom stereocenters. The van der Waals surface area contributed by atoms with Crippen molar-refractivity contribution in [1.29, 1.82) is 0 Å². The summed E-state index contributed by atoms with van der Waals surface area (Å²) in [6.07, 6.45) is 3.94. The number of hydrogen-bond donors (Lipinski definition) is 1. The van der Waals surface area contributed by atoms with Crippen molar-refractivity contribution in [3.05, 3.63) is 141 Å². The number of benzene rings is 3. The number of nitrogens with zero attached hydrogens (tertiary/aromatic N) is 8. The molecule has 6 heterocycles. The number of para-hydroxylation sites is 1. The number of nitrogens with one attached hydrogen (secondary N) is 1. The zero-order valence-electron chi connectivity index (χ0n) is 33.8. The van der Waals surface area contributed by atoms with Gasteiger partial charge >= 0.3 is 5.69 Å². The van der Waals surface area contributed by atoms with Crippen LogP contribution in [0, 0.1) is 24.0 Å². The van der Waals surface area contributed by atoms with E-state index in [0.717, 1.165) is 60.9 Å². The fourth-order valence-corrected chi connectivity index (χ4v) is 8.92. The molecule has 7 aromatic rings. The average molecular weight is 796 g/mol. The van der Waals surface area contributed by atoms with E-state index in [2.05, 4.69) is 36.0 Å². The summed E-state index contributed by atoms with van der Waals surface area (Å²) in [5.41, 5.74) is 6.77. The molecule has 1 amide bonds. The molecule has 2 aliphatic heterocycles.